The Hall–Kier alpha value is -2.95. The van der Waals surface area contributed by atoms with E-state index in [1.807, 2.05) is 54.3 Å². The predicted octanol–water partition coefficient (Wildman–Crippen LogP) is 4.48. The highest BCUT2D eigenvalue weighted by Crippen LogP contribution is 2.42. The van der Waals surface area contributed by atoms with Gasteiger partial charge in [-0.15, -0.1) is 0 Å². The summed E-state index contributed by atoms with van der Waals surface area (Å²) in [6.07, 6.45) is 7.25. The third-order valence-electron chi connectivity index (χ3n) is 5.67. The quantitative estimate of drug-likeness (QED) is 0.657. The number of carbonyl (C=O) groups is 1. The van der Waals surface area contributed by atoms with Gasteiger partial charge in [-0.3, -0.25) is 4.79 Å². The standard InChI is InChI=1S/C23H24FN3O/c1-26(16-18-15-25-27(17-18)21-10-3-2-4-11-21)22(28)23(12-5-6-13-23)19-8-7-9-20(24)14-19/h2-4,7-11,14-15,17H,5-6,12-13,16H2,1H3. The Morgan fingerprint density at radius 3 is 2.61 bits per heavy atom. The van der Waals surface area contributed by atoms with Crippen molar-refractivity contribution in [2.75, 3.05) is 7.05 Å². The van der Waals surface area contributed by atoms with Crippen molar-refractivity contribution in [3.05, 3.63) is 83.9 Å². The number of para-hydroxylation sites is 1. The van der Waals surface area contributed by atoms with Crippen molar-refractivity contribution in [2.45, 2.75) is 37.6 Å². The molecule has 3 aromatic rings. The fourth-order valence-corrected chi connectivity index (χ4v) is 4.27. The van der Waals surface area contributed by atoms with E-state index in [0.29, 0.717) is 6.54 Å². The first-order chi connectivity index (χ1) is 13.6. The minimum atomic E-state index is -0.619. The molecule has 1 saturated carbocycles. The van der Waals surface area contributed by atoms with E-state index in [1.54, 1.807) is 17.2 Å². The summed E-state index contributed by atoms with van der Waals surface area (Å²) in [6, 6.07) is 16.4. The van der Waals surface area contributed by atoms with Gasteiger partial charge in [0.2, 0.25) is 5.91 Å². The lowest BCUT2D eigenvalue weighted by Gasteiger charge is -2.33. The van der Waals surface area contributed by atoms with Gasteiger partial charge in [0.1, 0.15) is 5.82 Å². The number of hydrogen-bond acceptors (Lipinski definition) is 2. The second kappa shape index (κ2) is 7.58. The maximum atomic E-state index is 13.8. The molecule has 4 rings (SSSR count). The van der Waals surface area contributed by atoms with Gasteiger partial charge in [0.25, 0.3) is 0 Å². The molecule has 1 heterocycles. The number of halogens is 1. The molecular formula is C23H24FN3O. The summed E-state index contributed by atoms with van der Waals surface area (Å²) in [5, 5.41) is 4.41. The fourth-order valence-electron chi connectivity index (χ4n) is 4.27. The number of benzene rings is 2. The zero-order valence-electron chi connectivity index (χ0n) is 16.0. The van der Waals surface area contributed by atoms with Crippen molar-refractivity contribution in [3.63, 3.8) is 0 Å². The predicted molar refractivity (Wildman–Crippen MR) is 107 cm³/mol. The number of aromatic nitrogens is 2. The lowest BCUT2D eigenvalue weighted by Crippen LogP contribution is -2.43. The van der Waals surface area contributed by atoms with Crippen LogP contribution in [0.2, 0.25) is 0 Å². The fraction of sp³-hybridized carbons (Fsp3) is 0.304. The molecule has 0 unspecified atom stereocenters. The van der Waals surface area contributed by atoms with Gasteiger partial charge in [-0.25, -0.2) is 9.07 Å². The first-order valence-corrected chi connectivity index (χ1v) is 9.69. The molecule has 1 aliphatic carbocycles. The third kappa shape index (κ3) is 3.44. The molecule has 0 atom stereocenters. The molecule has 2 aromatic carbocycles. The number of carbonyl (C=O) groups excluding carboxylic acids is 1. The molecule has 1 amide bonds. The van der Waals surface area contributed by atoms with Crippen LogP contribution in [-0.4, -0.2) is 27.6 Å². The highest BCUT2D eigenvalue weighted by Gasteiger charge is 2.44. The second-order valence-corrected chi connectivity index (χ2v) is 7.59. The van der Waals surface area contributed by atoms with Crippen LogP contribution < -0.4 is 0 Å². The van der Waals surface area contributed by atoms with Crippen LogP contribution in [0.3, 0.4) is 0 Å². The second-order valence-electron chi connectivity index (χ2n) is 7.59. The number of likely N-dealkylation sites (N-methyl/N-ethyl adjacent to an activating group) is 1. The average Bonchev–Trinajstić information content (AvgIpc) is 3.39. The van der Waals surface area contributed by atoms with Crippen molar-refractivity contribution >= 4 is 5.91 Å². The molecule has 0 bridgehead atoms. The average molecular weight is 377 g/mol. The maximum Gasteiger partial charge on any atom is 0.233 e. The minimum Gasteiger partial charge on any atom is -0.341 e. The van der Waals surface area contributed by atoms with Crippen LogP contribution in [0.4, 0.5) is 4.39 Å². The van der Waals surface area contributed by atoms with Crippen LogP contribution in [0.15, 0.2) is 67.0 Å². The molecular weight excluding hydrogens is 353 g/mol. The zero-order chi connectivity index (χ0) is 19.6. The SMILES string of the molecule is CN(Cc1cnn(-c2ccccc2)c1)C(=O)C1(c2cccc(F)c2)CCCC1. The van der Waals surface area contributed by atoms with Crippen LogP contribution in [-0.2, 0) is 16.8 Å². The molecule has 0 spiro atoms. The third-order valence-corrected chi connectivity index (χ3v) is 5.67. The van der Waals surface area contributed by atoms with Crippen molar-refractivity contribution in [1.29, 1.82) is 0 Å². The summed E-state index contributed by atoms with van der Waals surface area (Å²) in [5.41, 5.74) is 2.12. The van der Waals surface area contributed by atoms with Crippen molar-refractivity contribution < 1.29 is 9.18 Å². The lowest BCUT2D eigenvalue weighted by molar-refractivity contribution is -0.136. The molecule has 5 heteroatoms. The van der Waals surface area contributed by atoms with Crippen molar-refractivity contribution in [1.82, 2.24) is 14.7 Å². The Kier molecular flexibility index (Phi) is 4.99. The number of amides is 1. The molecule has 4 nitrogen and oxygen atoms in total. The first kappa shape index (κ1) is 18.4. The summed E-state index contributed by atoms with van der Waals surface area (Å²) in [5.74, 6) is -0.230. The van der Waals surface area contributed by atoms with Gasteiger partial charge in [-0.05, 0) is 42.7 Å². The van der Waals surface area contributed by atoms with Gasteiger partial charge in [0, 0.05) is 25.4 Å². The molecule has 0 N–H and O–H groups in total. The molecule has 1 aliphatic rings. The van der Waals surface area contributed by atoms with Gasteiger partial charge < -0.3 is 4.90 Å². The highest BCUT2D eigenvalue weighted by atomic mass is 19.1. The van der Waals surface area contributed by atoms with Crippen LogP contribution in [0.25, 0.3) is 5.69 Å². The van der Waals surface area contributed by atoms with E-state index in [1.165, 1.54) is 12.1 Å². The van der Waals surface area contributed by atoms with E-state index < -0.39 is 5.41 Å². The zero-order valence-corrected chi connectivity index (χ0v) is 16.0. The van der Waals surface area contributed by atoms with Crippen LogP contribution in [0.1, 0.15) is 36.8 Å². The van der Waals surface area contributed by atoms with Crippen molar-refractivity contribution in [3.8, 4) is 5.69 Å². The molecule has 1 aromatic heterocycles. The summed E-state index contributed by atoms with van der Waals surface area (Å²) >= 11 is 0. The number of hydrogen-bond donors (Lipinski definition) is 0. The number of rotatable bonds is 5. The van der Waals surface area contributed by atoms with E-state index in [2.05, 4.69) is 5.10 Å². The van der Waals surface area contributed by atoms with Crippen molar-refractivity contribution in [2.24, 2.45) is 0 Å². The molecule has 0 saturated heterocycles. The van der Waals surface area contributed by atoms with E-state index in [-0.39, 0.29) is 11.7 Å². The Bertz CT molecular complexity index is 961. The summed E-state index contributed by atoms with van der Waals surface area (Å²) < 4.78 is 15.6. The minimum absolute atomic E-state index is 0.0584. The molecule has 0 aliphatic heterocycles. The molecule has 0 radical (unpaired) electrons. The van der Waals surface area contributed by atoms with Crippen LogP contribution in [0, 0.1) is 5.82 Å². The topological polar surface area (TPSA) is 38.1 Å². The summed E-state index contributed by atoms with van der Waals surface area (Å²) in [4.78, 5) is 15.2. The smallest absolute Gasteiger partial charge is 0.233 e. The molecule has 28 heavy (non-hydrogen) atoms. The summed E-state index contributed by atoms with van der Waals surface area (Å²) in [6.45, 7) is 0.475. The van der Waals surface area contributed by atoms with Crippen LogP contribution >= 0.6 is 0 Å². The van der Waals surface area contributed by atoms with Crippen LogP contribution in [0.5, 0.6) is 0 Å². The Balaban J connectivity index is 1.55. The van der Waals surface area contributed by atoms with E-state index in [9.17, 15) is 9.18 Å². The van der Waals surface area contributed by atoms with Gasteiger partial charge in [0.05, 0.1) is 17.3 Å². The van der Waals surface area contributed by atoms with E-state index in [4.69, 9.17) is 0 Å². The van der Waals surface area contributed by atoms with Gasteiger partial charge in [-0.2, -0.15) is 5.10 Å². The van der Waals surface area contributed by atoms with E-state index in [0.717, 1.165) is 42.5 Å². The van der Waals surface area contributed by atoms with Gasteiger partial charge in [0.15, 0.2) is 0 Å². The Morgan fingerprint density at radius 2 is 1.89 bits per heavy atom. The van der Waals surface area contributed by atoms with E-state index >= 15 is 0 Å². The maximum absolute atomic E-state index is 13.8. The Labute approximate surface area is 164 Å². The summed E-state index contributed by atoms with van der Waals surface area (Å²) in [7, 11) is 1.82. The van der Waals surface area contributed by atoms with Gasteiger partial charge in [-0.1, -0.05) is 43.2 Å². The monoisotopic (exact) mass is 377 g/mol. The molecule has 1 fully saturated rings. The number of nitrogens with zero attached hydrogens (tertiary/aromatic N) is 3. The van der Waals surface area contributed by atoms with Gasteiger partial charge >= 0.3 is 0 Å². The highest BCUT2D eigenvalue weighted by molar-refractivity contribution is 5.88. The lowest BCUT2D eigenvalue weighted by atomic mass is 9.77. The molecule has 144 valence electrons. The largest absolute Gasteiger partial charge is 0.341 e. The first-order valence-electron chi connectivity index (χ1n) is 9.69. The Morgan fingerprint density at radius 1 is 1.14 bits per heavy atom. The normalized spacial score (nSPS) is 15.5.